The standard InChI is InChI=1S/C23H31N5O/c1-15-10-16(17(13-24)14-25)6-7-19(15)20-8-9-21(27-26-20)29-18-11-22(2,3)28-23(4,5)12-18/h6-10,13-14,18,24,28H,11-12,25H2,1-5H3/b17-14+,24-13?. The second kappa shape index (κ2) is 7.95. The van der Waals surface area contributed by atoms with Crippen molar-refractivity contribution in [2.75, 3.05) is 0 Å². The molecule has 4 N–H and O–H groups in total. The van der Waals surface area contributed by atoms with Crippen LogP contribution >= 0.6 is 0 Å². The first-order valence-electron chi connectivity index (χ1n) is 9.96. The van der Waals surface area contributed by atoms with E-state index in [1.807, 2.05) is 37.3 Å². The van der Waals surface area contributed by atoms with E-state index in [1.54, 1.807) is 0 Å². The molecule has 2 aromatic rings. The third kappa shape index (κ3) is 5.01. The van der Waals surface area contributed by atoms with Crippen LogP contribution < -0.4 is 15.8 Å². The highest BCUT2D eigenvalue weighted by molar-refractivity contribution is 6.08. The van der Waals surface area contributed by atoms with Crippen LogP contribution in [-0.4, -0.2) is 33.6 Å². The molecule has 154 valence electrons. The molecule has 1 fully saturated rings. The lowest BCUT2D eigenvalue weighted by Crippen LogP contribution is -2.60. The van der Waals surface area contributed by atoms with Crippen molar-refractivity contribution in [1.29, 1.82) is 5.41 Å². The van der Waals surface area contributed by atoms with E-state index < -0.39 is 0 Å². The molecule has 0 spiro atoms. The maximum Gasteiger partial charge on any atom is 0.233 e. The molecule has 1 aromatic carbocycles. The first-order chi connectivity index (χ1) is 13.6. The number of rotatable bonds is 5. The van der Waals surface area contributed by atoms with Crippen molar-refractivity contribution in [3.8, 4) is 17.1 Å². The molecule has 1 saturated heterocycles. The van der Waals surface area contributed by atoms with E-state index >= 15 is 0 Å². The molecule has 6 nitrogen and oxygen atoms in total. The molecule has 1 aliphatic heterocycles. The molecule has 0 amide bonds. The number of aromatic nitrogens is 2. The number of nitrogens with one attached hydrogen (secondary N) is 2. The Morgan fingerprint density at radius 2 is 1.83 bits per heavy atom. The van der Waals surface area contributed by atoms with Crippen LogP contribution in [0.1, 0.15) is 51.7 Å². The summed E-state index contributed by atoms with van der Waals surface area (Å²) >= 11 is 0. The van der Waals surface area contributed by atoms with Crippen LogP contribution in [0.25, 0.3) is 16.8 Å². The normalized spacial score (nSPS) is 19.0. The lowest BCUT2D eigenvalue weighted by molar-refractivity contribution is 0.0524. The summed E-state index contributed by atoms with van der Waals surface area (Å²) in [5, 5.41) is 19.8. The molecule has 1 aliphatic rings. The van der Waals surface area contributed by atoms with Gasteiger partial charge >= 0.3 is 0 Å². The van der Waals surface area contributed by atoms with Gasteiger partial charge in [0.25, 0.3) is 0 Å². The van der Waals surface area contributed by atoms with E-state index in [2.05, 4.69) is 43.2 Å². The fourth-order valence-electron chi connectivity index (χ4n) is 4.37. The monoisotopic (exact) mass is 393 g/mol. The van der Waals surface area contributed by atoms with Crippen LogP contribution in [0, 0.1) is 12.3 Å². The maximum atomic E-state index is 7.45. The highest BCUT2D eigenvalue weighted by atomic mass is 16.5. The predicted octanol–water partition coefficient (Wildman–Crippen LogP) is 4.09. The van der Waals surface area contributed by atoms with Crippen LogP contribution in [-0.2, 0) is 0 Å². The number of allylic oxidation sites excluding steroid dienone is 1. The topological polar surface area (TPSA) is 96.9 Å². The zero-order chi connectivity index (χ0) is 21.2. The van der Waals surface area contributed by atoms with Gasteiger partial charge in [0.2, 0.25) is 5.88 Å². The Morgan fingerprint density at radius 1 is 1.14 bits per heavy atom. The Bertz CT molecular complexity index is 899. The molecule has 29 heavy (non-hydrogen) atoms. The molecule has 0 atom stereocenters. The van der Waals surface area contributed by atoms with Crippen LogP contribution in [0.4, 0.5) is 0 Å². The van der Waals surface area contributed by atoms with Crippen LogP contribution in [0.15, 0.2) is 36.5 Å². The highest BCUT2D eigenvalue weighted by Crippen LogP contribution is 2.31. The summed E-state index contributed by atoms with van der Waals surface area (Å²) in [5.41, 5.74) is 10.1. The third-order valence-corrected chi connectivity index (χ3v) is 5.25. The van der Waals surface area contributed by atoms with Crippen molar-refractivity contribution in [3.05, 3.63) is 47.7 Å². The summed E-state index contributed by atoms with van der Waals surface area (Å²) in [7, 11) is 0. The molecule has 3 rings (SSSR count). The second-order valence-electron chi connectivity index (χ2n) is 9.09. The van der Waals surface area contributed by atoms with E-state index in [1.165, 1.54) is 12.4 Å². The van der Waals surface area contributed by atoms with Crippen molar-refractivity contribution in [3.63, 3.8) is 0 Å². The molecule has 2 heterocycles. The summed E-state index contributed by atoms with van der Waals surface area (Å²) in [6, 6.07) is 9.76. The lowest BCUT2D eigenvalue weighted by atomic mass is 9.81. The number of nitrogens with zero attached hydrogens (tertiary/aromatic N) is 2. The minimum absolute atomic E-state index is 0.0198. The fraction of sp³-hybridized carbons (Fsp3) is 0.435. The fourth-order valence-corrected chi connectivity index (χ4v) is 4.37. The van der Waals surface area contributed by atoms with Gasteiger partial charge < -0.3 is 21.2 Å². The number of nitrogens with two attached hydrogens (primary N) is 1. The number of hydrogen-bond acceptors (Lipinski definition) is 6. The van der Waals surface area contributed by atoms with Gasteiger partial charge in [0, 0.05) is 53.5 Å². The lowest BCUT2D eigenvalue weighted by Gasteiger charge is -2.46. The summed E-state index contributed by atoms with van der Waals surface area (Å²) in [6.07, 6.45) is 4.64. The number of piperidine rings is 1. The van der Waals surface area contributed by atoms with Crippen molar-refractivity contribution in [2.45, 2.75) is 64.6 Å². The Kier molecular flexibility index (Phi) is 5.75. The molecular formula is C23H31N5O. The smallest absolute Gasteiger partial charge is 0.233 e. The van der Waals surface area contributed by atoms with E-state index in [9.17, 15) is 0 Å². The molecule has 1 aromatic heterocycles. The number of ether oxygens (including phenoxy) is 1. The van der Waals surface area contributed by atoms with Crippen molar-refractivity contribution < 1.29 is 4.74 Å². The zero-order valence-corrected chi connectivity index (χ0v) is 17.9. The summed E-state index contributed by atoms with van der Waals surface area (Å²) in [5.74, 6) is 0.554. The molecule has 0 bridgehead atoms. The van der Waals surface area contributed by atoms with Gasteiger partial charge in [0.1, 0.15) is 6.10 Å². The van der Waals surface area contributed by atoms with Gasteiger partial charge in [-0.15, -0.1) is 10.2 Å². The first kappa shape index (κ1) is 21.0. The largest absolute Gasteiger partial charge is 0.473 e. The van der Waals surface area contributed by atoms with Crippen LogP contribution in [0.3, 0.4) is 0 Å². The Morgan fingerprint density at radius 3 is 2.34 bits per heavy atom. The van der Waals surface area contributed by atoms with Crippen molar-refractivity contribution >= 4 is 11.8 Å². The van der Waals surface area contributed by atoms with Crippen LogP contribution in [0.2, 0.25) is 0 Å². The maximum absolute atomic E-state index is 7.45. The SMILES string of the molecule is Cc1cc(/C(C=N)=C/N)ccc1-c1ccc(OC2CC(C)(C)NC(C)(C)C2)nn1. The third-order valence-electron chi connectivity index (χ3n) is 5.25. The first-order valence-corrected chi connectivity index (χ1v) is 9.96. The number of benzene rings is 1. The molecule has 6 heteroatoms. The van der Waals surface area contributed by atoms with Gasteiger partial charge in [-0.25, -0.2) is 0 Å². The van der Waals surface area contributed by atoms with Gasteiger partial charge in [0.05, 0.1) is 5.69 Å². The quantitative estimate of drug-likeness (QED) is 0.665. The number of hydrogen-bond donors (Lipinski definition) is 3. The molecule has 0 unspecified atom stereocenters. The van der Waals surface area contributed by atoms with E-state index in [4.69, 9.17) is 15.9 Å². The Labute approximate surface area is 173 Å². The average Bonchev–Trinajstić information content (AvgIpc) is 2.61. The molecular weight excluding hydrogens is 362 g/mol. The van der Waals surface area contributed by atoms with Gasteiger partial charge in [-0.1, -0.05) is 18.2 Å². The molecule has 0 aliphatic carbocycles. The zero-order valence-electron chi connectivity index (χ0n) is 17.9. The highest BCUT2D eigenvalue weighted by Gasteiger charge is 2.38. The summed E-state index contributed by atoms with van der Waals surface area (Å²) < 4.78 is 6.17. The van der Waals surface area contributed by atoms with Gasteiger partial charge in [-0.3, -0.25) is 0 Å². The van der Waals surface area contributed by atoms with Gasteiger partial charge in [-0.05, 0) is 51.8 Å². The van der Waals surface area contributed by atoms with Crippen molar-refractivity contribution in [2.24, 2.45) is 5.73 Å². The molecule has 0 saturated carbocycles. The van der Waals surface area contributed by atoms with E-state index in [0.717, 1.165) is 35.2 Å². The minimum atomic E-state index is 0.0198. The summed E-state index contributed by atoms with van der Waals surface area (Å²) in [4.78, 5) is 0. The summed E-state index contributed by atoms with van der Waals surface area (Å²) in [6.45, 7) is 10.8. The van der Waals surface area contributed by atoms with Gasteiger partial charge in [0.15, 0.2) is 0 Å². The van der Waals surface area contributed by atoms with E-state index in [0.29, 0.717) is 11.5 Å². The minimum Gasteiger partial charge on any atom is -0.473 e. The Balaban J connectivity index is 1.76. The predicted molar refractivity (Wildman–Crippen MR) is 118 cm³/mol. The average molecular weight is 394 g/mol. The number of aryl methyl sites for hydroxylation is 1. The van der Waals surface area contributed by atoms with E-state index in [-0.39, 0.29) is 17.2 Å². The van der Waals surface area contributed by atoms with Gasteiger partial charge in [-0.2, -0.15) is 0 Å². The second-order valence-corrected chi connectivity index (χ2v) is 9.09. The Hall–Kier alpha value is -2.73. The van der Waals surface area contributed by atoms with Crippen molar-refractivity contribution in [1.82, 2.24) is 15.5 Å². The molecule has 0 radical (unpaired) electrons. The van der Waals surface area contributed by atoms with Crippen LogP contribution in [0.5, 0.6) is 5.88 Å².